The highest BCUT2D eigenvalue weighted by atomic mass is 31.2. The number of nitrogens with two attached hydrogens (primary N) is 1. The molecule has 36 heavy (non-hydrogen) atoms. The van der Waals surface area contributed by atoms with Crippen LogP contribution in [0.4, 0.5) is 0 Å². The molecule has 4 atom stereocenters. The van der Waals surface area contributed by atoms with E-state index in [0.29, 0.717) is 30.6 Å². The molecule has 2 aliphatic rings. The third-order valence-electron chi connectivity index (χ3n) is 7.85. The summed E-state index contributed by atoms with van der Waals surface area (Å²) in [5, 5.41) is 0. The maximum atomic E-state index is 8.88. The first-order valence-electron chi connectivity index (χ1n) is 12.7. The summed E-state index contributed by atoms with van der Waals surface area (Å²) in [7, 11) is -4.64. The van der Waals surface area contributed by atoms with Gasteiger partial charge in [0.25, 0.3) is 0 Å². The van der Waals surface area contributed by atoms with Crippen molar-refractivity contribution >= 4 is 18.9 Å². The Labute approximate surface area is 213 Å². The third kappa shape index (κ3) is 6.08. The molecule has 2 unspecified atom stereocenters. The van der Waals surface area contributed by atoms with Crippen LogP contribution in [-0.2, 0) is 4.57 Å². The van der Waals surface area contributed by atoms with Crippen molar-refractivity contribution in [3.8, 4) is 0 Å². The zero-order valence-electron chi connectivity index (χ0n) is 21.4. The number of para-hydroxylation sites is 2. The highest BCUT2D eigenvalue weighted by Crippen LogP contribution is 2.47. The zero-order chi connectivity index (χ0) is 26.1. The Balaban J connectivity index is 0.000000556. The number of phosphoric acid groups is 1. The van der Waals surface area contributed by atoms with E-state index in [4.69, 9.17) is 30.0 Å². The lowest BCUT2D eigenvalue weighted by Crippen LogP contribution is -2.55. The molecule has 3 heterocycles. The van der Waals surface area contributed by atoms with Gasteiger partial charge in [0.2, 0.25) is 0 Å². The van der Waals surface area contributed by atoms with Crippen molar-refractivity contribution in [1.29, 1.82) is 0 Å². The molecule has 9 heteroatoms. The van der Waals surface area contributed by atoms with Crippen LogP contribution in [0, 0.1) is 6.92 Å². The van der Waals surface area contributed by atoms with E-state index < -0.39 is 7.82 Å². The maximum Gasteiger partial charge on any atom is 0.466 e. The van der Waals surface area contributed by atoms with Gasteiger partial charge in [-0.05, 0) is 83.0 Å². The second-order valence-electron chi connectivity index (χ2n) is 10.8. The summed E-state index contributed by atoms with van der Waals surface area (Å²) in [4.78, 5) is 29.3. The lowest BCUT2D eigenvalue weighted by molar-refractivity contribution is 0.00669. The van der Waals surface area contributed by atoms with Crippen LogP contribution in [0.1, 0.15) is 69.3 Å². The van der Waals surface area contributed by atoms with Crippen molar-refractivity contribution < 1.29 is 19.2 Å². The molecular formula is C27H39N4O4P. The van der Waals surface area contributed by atoms with E-state index in [2.05, 4.69) is 84.8 Å². The summed E-state index contributed by atoms with van der Waals surface area (Å²) >= 11 is 0. The van der Waals surface area contributed by atoms with Crippen molar-refractivity contribution in [3.05, 3.63) is 66.0 Å². The molecule has 2 fully saturated rings. The molecule has 2 bridgehead atoms. The largest absolute Gasteiger partial charge is 0.466 e. The first kappa shape index (κ1) is 27.0. The molecule has 8 nitrogen and oxygen atoms in total. The smallest absolute Gasteiger partial charge is 0.330 e. The van der Waals surface area contributed by atoms with E-state index in [1.165, 1.54) is 36.8 Å². The molecule has 0 saturated carbocycles. The Morgan fingerprint density at radius 1 is 1.00 bits per heavy atom. The molecule has 3 aromatic rings. The molecule has 5 N–H and O–H groups in total. The highest BCUT2D eigenvalue weighted by Gasteiger charge is 2.48. The van der Waals surface area contributed by atoms with Crippen LogP contribution in [0.3, 0.4) is 0 Å². The second-order valence-corrected chi connectivity index (χ2v) is 11.8. The minimum Gasteiger partial charge on any atom is -0.330 e. The number of benzene rings is 2. The van der Waals surface area contributed by atoms with E-state index >= 15 is 0 Å². The topological polar surface area (TPSA) is 125 Å². The number of imidazole rings is 1. The number of fused-ring (bicyclic) bond motifs is 3. The van der Waals surface area contributed by atoms with Crippen LogP contribution in [0.5, 0.6) is 0 Å². The Morgan fingerprint density at radius 3 is 2.14 bits per heavy atom. The van der Waals surface area contributed by atoms with Crippen molar-refractivity contribution in [3.63, 3.8) is 0 Å². The van der Waals surface area contributed by atoms with Crippen LogP contribution < -0.4 is 5.73 Å². The van der Waals surface area contributed by atoms with E-state index in [1.54, 1.807) is 0 Å². The first-order valence-corrected chi connectivity index (χ1v) is 14.3. The molecule has 196 valence electrons. The van der Waals surface area contributed by atoms with Gasteiger partial charge >= 0.3 is 7.82 Å². The molecule has 0 spiro atoms. The highest BCUT2D eigenvalue weighted by molar-refractivity contribution is 7.45. The predicted molar refractivity (Wildman–Crippen MR) is 143 cm³/mol. The van der Waals surface area contributed by atoms with Gasteiger partial charge in [0.15, 0.2) is 0 Å². The van der Waals surface area contributed by atoms with Gasteiger partial charge in [-0.3, -0.25) is 4.90 Å². The summed E-state index contributed by atoms with van der Waals surface area (Å²) in [6.45, 7) is 7.77. The molecule has 1 aromatic heterocycles. The minimum atomic E-state index is -4.64. The number of aromatic nitrogens is 2. The normalized spacial score (nSPS) is 23.4. The van der Waals surface area contributed by atoms with Gasteiger partial charge in [0.1, 0.15) is 5.82 Å². The van der Waals surface area contributed by atoms with Crippen molar-refractivity contribution in [2.45, 2.75) is 82.5 Å². The number of hydrogen-bond acceptors (Lipinski definition) is 4. The van der Waals surface area contributed by atoms with Crippen LogP contribution in [0.2, 0.25) is 0 Å². The number of hydrogen-bond donors (Lipinski definition) is 4. The molecular weight excluding hydrogens is 475 g/mol. The summed E-state index contributed by atoms with van der Waals surface area (Å²) < 4.78 is 11.4. The lowest BCUT2D eigenvalue weighted by Gasteiger charge is -2.49. The molecule has 5 rings (SSSR count). The average molecular weight is 515 g/mol. The average Bonchev–Trinajstić information content (AvgIpc) is 3.30. The monoisotopic (exact) mass is 514 g/mol. The SMILES string of the molecule is Cc1nc2ccccc2n1C1C[C@H]2CC[C@@H](C1)N2C(C)(C)CC(CN)c1ccccc1.O=P(O)(O)O. The van der Waals surface area contributed by atoms with E-state index in [1.807, 2.05) is 0 Å². The Bertz CT molecular complexity index is 1190. The fourth-order valence-electron chi connectivity index (χ4n) is 6.74. The second kappa shape index (κ2) is 10.7. The number of piperidine rings is 1. The zero-order valence-corrected chi connectivity index (χ0v) is 22.3. The molecule has 0 radical (unpaired) electrons. The number of rotatable bonds is 6. The lowest BCUT2D eigenvalue weighted by atomic mass is 9.81. The van der Waals surface area contributed by atoms with Crippen LogP contribution >= 0.6 is 7.82 Å². The summed E-state index contributed by atoms with van der Waals surface area (Å²) in [6, 6.07) is 21.3. The fourth-order valence-corrected chi connectivity index (χ4v) is 6.74. The number of nitrogens with zero attached hydrogens (tertiary/aromatic N) is 3. The Kier molecular flexibility index (Phi) is 8.05. The van der Waals surface area contributed by atoms with Crippen molar-refractivity contribution in [2.24, 2.45) is 5.73 Å². The summed E-state index contributed by atoms with van der Waals surface area (Å²) in [6.07, 6.45) is 6.18. The molecule has 0 amide bonds. The van der Waals surface area contributed by atoms with Crippen molar-refractivity contribution in [2.75, 3.05) is 6.54 Å². The van der Waals surface area contributed by atoms with E-state index in [0.717, 1.165) is 17.8 Å². The van der Waals surface area contributed by atoms with Gasteiger partial charge in [-0.2, -0.15) is 0 Å². The van der Waals surface area contributed by atoms with Gasteiger partial charge in [-0.25, -0.2) is 9.55 Å². The van der Waals surface area contributed by atoms with Crippen molar-refractivity contribution in [1.82, 2.24) is 14.5 Å². The van der Waals surface area contributed by atoms with E-state index in [-0.39, 0.29) is 5.54 Å². The third-order valence-corrected chi connectivity index (χ3v) is 7.85. The predicted octanol–water partition coefficient (Wildman–Crippen LogP) is 4.50. The van der Waals surface area contributed by atoms with Crippen LogP contribution in [0.15, 0.2) is 54.6 Å². The molecule has 2 saturated heterocycles. The first-order chi connectivity index (χ1) is 17.0. The summed E-state index contributed by atoms with van der Waals surface area (Å²) in [5.74, 6) is 1.57. The van der Waals surface area contributed by atoms with Gasteiger partial charge in [-0.15, -0.1) is 0 Å². The van der Waals surface area contributed by atoms with Gasteiger partial charge in [-0.1, -0.05) is 42.5 Å². The van der Waals surface area contributed by atoms with Gasteiger partial charge < -0.3 is 25.0 Å². The standard InChI is InChI=1S/C27H36N4.H3O4P/c1-19-29-25-11-7-8-12-26(25)30(19)24-15-22-13-14-23(16-24)31(22)27(2,3)17-21(18-28)20-9-5-4-6-10-20;1-5(2,3)4/h4-12,21-24H,13-18,28H2,1-3H3;(H3,1,2,3,4)/t21?,22-,23+,24?;. The Morgan fingerprint density at radius 2 is 1.56 bits per heavy atom. The molecule has 0 aliphatic carbocycles. The molecule has 2 aromatic carbocycles. The minimum absolute atomic E-state index is 0.142. The summed E-state index contributed by atoms with van der Waals surface area (Å²) in [5.41, 5.74) is 10.2. The van der Waals surface area contributed by atoms with E-state index in [9.17, 15) is 0 Å². The van der Waals surface area contributed by atoms with Crippen LogP contribution in [-0.4, -0.2) is 53.3 Å². The Hall–Kier alpha value is -2.06. The fraction of sp³-hybridized carbons (Fsp3) is 0.519. The van der Waals surface area contributed by atoms with Crippen LogP contribution in [0.25, 0.3) is 11.0 Å². The van der Waals surface area contributed by atoms with Gasteiger partial charge in [0, 0.05) is 23.7 Å². The maximum absolute atomic E-state index is 8.88. The number of aryl methyl sites for hydroxylation is 1. The molecule has 2 aliphatic heterocycles. The van der Waals surface area contributed by atoms with Gasteiger partial charge in [0.05, 0.1) is 11.0 Å². The quantitative estimate of drug-likeness (QED) is 0.357.